The van der Waals surface area contributed by atoms with E-state index in [1.54, 1.807) is 11.5 Å². The third-order valence-corrected chi connectivity index (χ3v) is 3.28. The second kappa shape index (κ2) is 6.43. The third-order valence-electron chi connectivity index (χ3n) is 3.28. The topological polar surface area (TPSA) is 70.1 Å². The quantitative estimate of drug-likeness (QED) is 0.858. The van der Waals surface area contributed by atoms with E-state index in [0.717, 1.165) is 18.5 Å². The van der Waals surface area contributed by atoms with Crippen molar-refractivity contribution < 1.29 is 9.53 Å². The Balaban J connectivity index is 2.37. The minimum Gasteiger partial charge on any atom is -0.461 e. The predicted octanol–water partition coefficient (Wildman–Crippen LogP) is 2.89. The van der Waals surface area contributed by atoms with Gasteiger partial charge in [0.1, 0.15) is 11.6 Å². The molecule has 0 radical (unpaired) electrons. The van der Waals surface area contributed by atoms with Crippen LogP contribution >= 0.6 is 0 Å². The van der Waals surface area contributed by atoms with Gasteiger partial charge in [0.15, 0.2) is 5.69 Å². The van der Waals surface area contributed by atoms with Crippen LogP contribution in [0.4, 0.5) is 5.82 Å². The molecule has 1 aromatic heterocycles. The standard InChI is InChI=1S/C16H21N3O2/c1-4-6-12-7-9-13(10-8-12)19-11(3)18-14(15(19)17)16(20)21-5-2/h7-10H,4-6,17H2,1-3H3. The molecule has 0 spiro atoms. The van der Waals surface area contributed by atoms with Gasteiger partial charge in [-0.1, -0.05) is 25.5 Å². The van der Waals surface area contributed by atoms with Crippen LogP contribution in [-0.2, 0) is 11.2 Å². The number of imidazole rings is 1. The highest BCUT2D eigenvalue weighted by atomic mass is 16.5. The van der Waals surface area contributed by atoms with Crippen LogP contribution in [0.3, 0.4) is 0 Å². The summed E-state index contributed by atoms with van der Waals surface area (Å²) in [6.07, 6.45) is 2.16. The molecule has 0 aliphatic rings. The molecule has 0 bridgehead atoms. The van der Waals surface area contributed by atoms with Crippen molar-refractivity contribution >= 4 is 11.8 Å². The Morgan fingerprint density at radius 1 is 1.29 bits per heavy atom. The van der Waals surface area contributed by atoms with Crippen molar-refractivity contribution in [3.05, 3.63) is 41.3 Å². The average Bonchev–Trinajstić information content (AvgIpc) is 2.76. The van der Waals surface area contributed by atoms with E-state index in [4.69, 9.17) is 10.5 Å². The maximum absolute atomic E-state index is 11.8. The number of nitrogens with two attached hydrogens (primary N) is 1. The van der Waals surface area contributed by atoms with Crippen molar-refractivity contribution in [2.24, 2.45) is 0 Å². The van der Waals surface area contributed by atoms with E-state index in [1.165, 1.54) is 5.56 Å². The largest absolute Gasteiger partial charge is 0.461 e. The van der Waals surface area contributed by atoms with E-state index in [0.29, 0.717) is 18.2 Å². The molecule has 2 N–H and O–H groups in total. The lowest BCUT2D eigenvalue weighted by atomic mass is 10.1. The molecular formula is C16H21N3O2. The van der Waals surface area contributed by atoms with Crippen LogP contribution in [-0.4, -0.2) is 22.1 Å². The molecule has 2 rings (SSSR count). The first-order valence-electron chi connectivity index (χ1n) is 7.19. The first kappa shape index (κ1) is 15.1. The van der Waals surface area contributed by atoms with Gasteiger partial charge in [-0.15, -0.1) is 0 Å². The van der Waals surface area contributed by atoms with E-state index in [-0.39, 0.29) is 5.69 Å². The SMILES string of the molecule is CCCc1ccc(-n2c(C)nc(C(=O)OCC)c2N)cc1. The molecule has 0 amide bonds. The molecule has 1 heterocycles. The number of hydrogen-bond acceptors (Lipinski definition) is 4. The number of nitrogen functional groups attached to an aromatic ring is 1. The van der Waals surface area contributed by atoms with E-state index < -0.39 is 5.97 Å². The summed E-state index contributed by atoms with van der Waals surface area (Å²) in [6.45, 7) is 6.02. The number of carbonyl (C=O) groups is 1. The molecule has 0 saturated heterocycles. The summed E-state index contributed by atoms with van der Waals surface area (Å²) < 4.78 is 6.74. The summed E-state index contributed by atoms with van der Waals surface area (Å²) in [6, 6.07) is 8.12. The van der Waals surface area contributed by atoms with Crippen LogP contribution in [0.5, 0.6) is 0 Å². The lowest BCUT2D eigenvalue weighted by Gasteiger charge is -2.09. The van der Waals surface area contributed by atoms with Crippen molar-refractivity contribution in [2.45, 2.75) is 33.6 Å². The number of hydrogen-bond donors (Lipinski definition) is 1. The number of anilines is 1. The van der Waals surface area contributed by atoms with E-state index in [1.807, 2.05) is 19.1 Å². The first-order chi connectivity index (χ1) is 10.1. The highest BCUT2D eigenvalue weighted by Crippen LogP contribution is 2.21. The molecule has 21 heavy (non-hydrogen) atoms. The fourth-order valence-corrected chi connectivity index (χ4v) is 2.33. The van der Waals surface area contributed by atoms with Crippen molar-refractivity contribution in [2.75, 3.05) is 12.3 Å². The Morgan fingerprint density at radius 3 is 2.52 bits per heavy atom. The number of aromatic nitrogens is 2. The zero-order valence-corrected chi connectivity index (χ0v) is 12.7. The monoisotopic (exact) mass is 287 g/mol. The van der Waals surface area contributed by atoms with Gasteiger partial charge in [-0.3, -0.25) is 4.57 Å². The number of benzene rings is 1. The average molecular weight is 287 g/mol. The van der Waals surface area contributed by atoms with Crippen LogP contribution in [0.15, 0.2) is 24.3 Å². The number of aryl methyl sites for hydroxylation is 2. The lowest BCUT2D eigenvalue weighted by Crippen LogP contribution is -2.09. The predicted molar refractivity (Wildman–Crippen MR) is 82.7 cm³/mol. The van der Waals surface area contributed by atoms with Gasteiger partial charge in [0.2, 0.25) is 0 Å². The maximum atomic E-state index is 11.8. The van der Waals surface area contributed by atoms with Gasteiger partial charge >= 0.3 is 5.97 Å². The molecule has 1 aromatic carbocycles. The molecule has 112 valence electrons. The van der Waals surface area contributed by atoms with E-state index >= 15 is 0 Å². The molecular weight excluding hydrogens is 266 g/mol. The first-order valence-corrected chi connectivity index (χ1v) is 7.19. The molecule has 5 heteroatoms. The van der Waals surface area contributed by atoms with Gasteiger partial charge in [0, 0.05) is 5.69 Å². The Hall–Kier alpha value is -2.30. The fourth-order valence-electron chi connectivity index (χ4n) is 2.33. The van der Waals surface area contributed by atoms with Crippen molar-refractivity contribution in [1.82, 2.24) is 9.55 Å². The van der Waals surface area contributed by atoms with E-state index in [9.17, 15) is 4.79 Å². The van der Waals surface area contributed by atoms with Gasteiger partial charge in [0.05, 0.1) is 6.61 Å². The van der Waals surface area contributed by atoms with Crippen LogP contribution in [0.25, 0.3) is 5.69 Å². The van der Waals surface area contributed by atoms with Crippen LogP contribution in [0.2, 0.25) is 0 Å². The van der Waals surface area contributed by atoms with Gasteiger partial charge in [-0.2, -0.15) is 0 Å². The van der Waals surface area contributed by atoms with E-state index in [2.05, 4.69) is 24.0 Å². The summed E-state index contributed by atoms with van der Waals surface area (Å²) in [5.41, 5.74) is 8.41. The Labute approximate surface area is 124 Å². The smallest absolute Gasteiger partial charge is 0.360 e. The Morgan fingerprint density at radius 2 is 1.95 bits per heavy atom. The highest BCUT2D eigenvalue weighted by molar-refractivity contribution is 5.92. The summed E-state index contributed by atoms with van der Waals surface area (Å²) in [5.74, 6) is 0.493. The van der Waals surface area contributed by atoms with Crippen LogP contribution < -0.4 is 5.73 Å². The molecule has 5 nitrogen and oxygen atoms in total. The minimum atomic E-state index is -0.487. The second-order valence-corrected chi connectivity index (χ2v) is 4.87. The van der Waals surface area contributed by atoms with Crippen molar-refractivity contribution in [3.8, 4) is 5.69 Å². The Bertz CT molecular complexity index is 630. The highest BCUT2D eigenvalue weighted by Gasteiger charge is 2.20. The molecule has 0 fully saturated rings. The number of carbonyl (C=O) groups excluding carboxylic acids is 1. The zero-order chi connectivity index (χ0) is 15.4. The van der Waals surface area contributed by atoms with Gasteiger partial charge in [0.25, 0.3) is 0 Å². The summed E-state index contributed by atoms with van der Waals surface area (Å²) in [4.78, 5) is 16.1. The molecule has 0 aliphatic heterocycles. The second-order valence-electron chi connectivity index (χ2n) is 4.87. The number of esters is 1. The number of ether oxygens (including phenoxy) is 1. The summed E-state index contributed by atoms with van der Waals surface area (Å²) >= 11 is 0. The molecule has 2 aromatic rings. The molecule has 0 saturated carbocycles. The fraction of sp³-hybridized carbons (Fsp3) is 0.375. The van der Waals surface area contributed by atoms with Gasteiger partial charge in [-0.25, -0.2) is 9.78 Å². The number of rotatable bonds is 5. The van der Waals surface area contributed by atoms with Crippen molar-refractivity contribution in [3.63, 3.8) is 0 Å². The third kappa shape index (κ3) is 3.07. The number of nitrogens with zero attached hydrogens (tertiary/aromatic N) is 2. The lowest BCUT2D eigenvalue weighted by molar-refractivity contribution is 0.0521. The maximum Gasteiger partial charge on any atom is 0.360 e. The van der Waals surface area contributed by atoms with Crippen LogP contribution in [0, 0.1) is 6.92 Å². The summed E-state index contributed by atoms with van der Waals surface area (Å²) in [7, 11) is 0. The normalized spacial score (nSPS) is 10.6. The summed E-state index contributed by atoms with van der Waals surface area (Å²) in [5, 5.41) is 0. The van der Waals surface area contributed by atoms with Gasteiger partial charge in [-0.05, 0) is 38.0 Å². The van der Waals surface area contributed by atoms with Crippen molar-refractivity contribution in [1.29, 1.82) is 0 Å². The Kier molecular flexibility index (Phi) is 4.62. The van der Waals surface area contributed by atoms with Gasteiger partial charge < -0.3 is 10.5 Å². The molecule has 0 atom stereocenters. The van der Waals surface area contributed by atoms with Crippen LogP contribution in [0.1, 0.15) is 42.1 Å². The zero-order valence-electron chi connectivity index (χ0n) is 12.7. The molecule has 0 aliphatic carbocycles. The minimum absolute atomic E-state index is 0.173. The molecule has 0 unspecified atom stereocenters.